The van der Waals surface area contributed by atoms with Crippen molar-refractivity contribution in [2.75, 3.05) is 14.2 Å². The molecular formula is C19H20Cl2O3. The second kappa shape index (κ2) is 7.91. The van der Waals surface area contributed by atoms with Gasteiger partial charge < -0.3 is 9.47 Å². The quantitative estimate of drug-likeness (QED) is 0.678. The molecule has 3 nitrogen and oxygen atoms in total. The summed E-state index contributed by atoms with van der Waals surface area (Å²) < 4.78 is 10.5. The van der Waals surface area contributed by atoms with Crippen molar-refractivity contribution in [3.63, 3.8) is 0 Å². The third-order valence-electron chi connectivity index (χ3n) is 4.21. The van der Waals surface area contributed by atoms with Crippen LogP contribution in [0.4, 0.5) is 0 Å². The zero-order valence-corrected chi connectivity index (χ0v) is 15.6. The van der Waals surface area contributed by atoms with Crippen LogP contribution in [0.15, 0.2) is 36.4 Å². The molecule has 24 heavy (non-hydrogen) atoms. The minimum absolute atomic E-state index is 0.0281. The molecule has 128 valence electrons. The first-order chi connectivity index (χ1) is 11.4. The third kappa shape index (κ3) is 3.52. The van der Waals surface area contributed by atoms with E-state index in [9.17, 15) is 4.79 Å². The number of Topliss-reactive ketones (excluding diaryl/α,β-unsaturated/α-hetero) is 1. The molecule has 5 heteroatoms. The van der Waals surface area contributed by atoms with Crippen LogP contribution >= 0.6 is 23.2 Å². The molecule has 0 aromatic heterocycles. The van der Waals surface area contributed by atoms with E-state index in [1.54, 1.807) is 26.4 Å². The first-order valence-electron chi connectivity index (χ1n) is 7.60. The molecule has 0 aliphatic carbocycles. The van der Waals surface area contributed by atoms with Gasteiger partial charge >= 0.3 is 0 Å². The van der Waals surface area contributed by atoms with E-state index >= 15 is 0 Å². The fraction of sp³-hybridized carbons (Fsp3) is 0.316. The molecule has 2 aromatic rings. The SMILES string of the molecule is COc1cccc(C(C)C(=O)C(C)c2cccc(OC)c2Cl)c1Cl. The van der Waals surface area contributed by atoms with Crippen LogP contribution < -0.4 is 9.47 Å². The van der Waals surface area contributed by atoms with Crippen molar-refractivity contribution in [1.82, 2.24) is 0 Å². The second-order valence-corrected chi connectivity index (χ2v) is 6.33. The fourth-order valence-electron chi connectivity index (χ4n) is 2.72. The van der Waals surface area contributed by atoms with Crippen molar-refractivity contribution in [3.05, 3.63) is 57.6 Å². The number of hydrogen-bond donors (Lipinski definition) is 0. The van der Waals surface area contributed by atoms with Gasteiger partial charge in [-0.15, -0.1) is 0 Å². The molecule has 0 amide bonds. The lowest BCUT2D eigenvalue weighted by atomic mass is 9.85. The van der Waals surface area contributed by atoms with Crippen LogP contribution in [-0.4, -0.2) is 20.0 Å². The number of rotatable bonds is 6. The van der Waals surface area contributed by atoms with E-state index in [1.165, 1.54) is 0 Å². The molecule has 2 atom stereocenters. The summed E-state index contributed by atoms with van der Waals surface area (Å²) in [6.45, 7) is 3.68. The number of ketones is 1. The summed E-state index contributed by atoms with van der Waals surface area (Å²) in [7, 11) is 3.10. The highest BCUT2D eigenvalue weighted by atomic mass is 35.5. The van der Waals surface area contributed by atoms with Crippen molar-refractivity contribution >= 4 is 29.0 Å². The largest absolute Gasteiger partial charge is 0.495 e. The Kier molecular flexibility index (Phi) is 6.14. The molecule has 0 saturated heterocycles. The number of halogens is 2. The lowest BCUT2D eigenvalue weighted by molar-refractivity contribution is -0.121. The molecule has 0 radical (unpaired) electrons. The first kappa shape index (κ1) is 18.6. The maximum absolute atomic E-state index is 12.9. The highest BCUT2D eigenvalue weighted by Gasteiger charge is 2.27. The fourth-order valence-corrected chi connectivity index (χ4v) is 3.45. The van der Waals surface area contributed by atoms with Gasteiger partial charge in [0.2, 0.25) is 0 Å². The summed E-state index contributed by atoms with van der Waals surface area (Å²) in [5.41, 5.74) is 1.48. The van der Waals surface area contributed by atoms with Crippen LogP contribution in [0.25, 0.3) is 0 Å². The minimum Gasteiger partial charge on any atom is -0.495 e. The van der Waals surface area contributed by atoms with E-state index in [0.29, 0.717) is 21.5 Å². The number of methoxy groups -OCH3 is 2. The van der Waals surface area contributed by atoms with Gasteiger partial charge in [-0.3, -0.25) is 4.79 Å². The molecule has 0 fully saturated rings. The number of carbonyl (C=O) groups is 1. The predicted octanol–water partition coefficient (Wildman–Crippen LogP) is 5.49. The Labute approximate surface area is 152 Å². The van der Waals surface area contributed by atoms with E-state index < -0.39 is 0 Å². The number of benzene rings is 2. The van der Waals surface area contributed by atoms with Gasteiger partial charge in [0.15, 0.2) is 0 Å². The molecule has 2 unspecified atom stereocenters. The summed E-state index contributed by atoms with van der Waals surface area (Å²) in [5, 5.41) is 0.926. The summed E-state index contributed by atoms with van der Waals surface area (Å²) in [6.07, 6.45) is 0. The van der Waals surface area contributed by atoms with E-state index in [2.05, 4.69) is 0 Å². The Morgan fingerprint density at radius 1 is 0.833 bits per heavy atom. The van der Waals surface area contributed by atoms with Gasteiger partial charge in [0.05, 0.1) is 24.3 Å². The van der Waals surface area contributed by atoms with Crippen molar-refractivity contribution in [2.45, 2.75) is 25.7 Å². The topological polar surface area (TPSA) is 35.5 Å². The first-order valence-corrected chi connectivity index (χ1v) is 8.36. The highest BCUT2D eigenvalue weighted by Crippen LogP contribution is 2.38. The maximum Gasteiger partial charge on any atom is 0.147 e. The van der Waals surface area contributed by atoms with Gasteiger partial charge in [-0.25, -0.2) is 0 Å². The summed E-state index contributed by atoms with van der Waals surface area (Å²) >= 11 is 12.7. The van der Waals surface area contributed by atoms with Crippen molar-refractivity contribution in [3.8, 4) is 11.5 Å². The maximum atomic E-state index is 12.9. The molecule has 0 spiro atoms. The zero-order chi connectivity index (χ0) is 17.9. The smallest absolute Gasteiger partial charge is 0.147 e. The van der Waals surface area contributed by atoms with Crippen LogP contribution in [0.3, 0.4) is 0 Å². The summed E-state index contributed by atoms with van der Waals surface area (Å²) in [4.78, 5) is 12.9. The number of hydrogen-bond acceptors (Lipinski definition) is 3. The Morgan fingerprint density at radius 3 is 1.54 bits per heavy atom. The zero-order valence-electron chi connectivity index (χ0n) is 14.1. The van der Waals surface area contributed by atoms with Crippen LogP contribution in [0.5, 0.6) is 11.5 Å². The standard InChI is InChI=1S/C19H20Cl2O3/c1-11(13-7-5-9-15(23-3)17(13)20)19(22)12(2)14-8-6-10-16(24-4)18(14)21/h5-12H,1-4H3. The Balaban J connectivity index is 2.35. The van der Waals surface area contributed by atoms with Crippen LogP contribution in [0.1, 0.15) is 36.8 Å². The van der Waals surface area contributed by atoms with E-state index in [4.69, 9.17) is 32.7 Å². The van der Waals surface area contributed by atoms with Gasteiger partial charge in [-0.05, 0) is 23.3 Å². The van der Waals surface area contributed by atoms with Gasteiger partial charge in [0.1, 0.15) is 17.3 Å². The lowest BCUT2D eigenvalue weighted by Crippen LogP contribution is -2.17. The predicted molar refractivity (Wildman–Crippen MR) is 97.8 cm³/mol. The van der Waals surface area contributed by atoms with Crippen molar-refractivity contribution in [2.24, 2.45) is 0 Å². The highest BCUT2D eigenvalue weighted by molar-refractivity contribution is 6.33. The van der Waals surface area contributed by atoms with Crippen LogP contribution in [0.2, 0.25) is 10.0 Å². The summed E-state index contributed by atoms with van der Waals surface area (Å²) in [5.74, 6) is 0.372. The van der Waals surface area contributed by atoms with Gasteiger partial charge in [0, 0.05) is 11.8 Å². The Bertz CT molecular complexity index is 682. The molecule has 0 heterocycles. The molecule has 2 aromatic carbocycles. The second-order valence-electron chi connectivity index (χ2n) is 5.57. The normalized spacial score (nSPS) is 13.2. The monoisotopic (exact) mass is 366 g/mol. The lowest BCUT2D eigenvalue weighted by Gasteiger charge is -2.20. The molecular weight excluding hydrogens is 347 g/mol. The Morgan fingerprint density at radius 2 is 1.21 bits per heavy atom. The van der Waals surface area contributed by atoms with Crippen LogP contribution in [0, 0.1) is 0 Å². The van der Waals surface area contributed by atoms with Crippen molar-refractivity contribution in [1.29, 1.82) is 0 Å². The van der Waals surface area contributed by atoms with Gasteiger partial charge in [-0.1, -0.05) is 61.3 Å². The average molecular weight is 367 g/mol. The van der Waals surface area contributed by atoms with Gasteiger partial charge in [-0.2, -0.15) is 0 Å². The average Bonchev–Trinajstić information content (AvgIpc) is 2.60. The minimum atomic E-state index is -0.384. The van der Waals surface area contributed by atoms with E-state index in [0.717, 1.165) is 11.1 Å². The van der Waals surface area contributed by atoms with Crippen LogP contribution in [-0.2, 0) is 4.79 Å². The molecule has 0 bridgehead atoms. The van der Waals surface area contributed by atoms with Gasteiger partial charge in [0.25, 0.3) is 0 Å². The molecule has 0 N–H and O–H groups in total. The number of ether oxygens (including phenoxy) is 2. The van der Waals surface area contributed by atoms with E-state index in [1.807, 2.05) is 38.1 Å². The molecule has 0 saturated carbocycles. The third-order valence-corrected chi connectivity index (χ3v) is 5.02. The number of carbonyl (C=O) groups excluding carboxylic acids is 1. The molecule has 0 aliphatic heterocycles. The molecule has 2 rings (SSSR count). The van der Waals surface area contributed by atoms with E-state index in [-0.39, 0.29) is 17.6 Å². The molecule has 0 aliphatic rings. The summed E-state index contributed by atoms with van der Waals surface area (Å²) in [6, 6.07) is 10.9. The van der Waals surface area contributed by atoms with Crippen molar-refractivity contribution < 1.29 is 14.3 Å². The Hall–Kier alpha value is -1.71.